The molecule has 0 saturated carbocycles. The van der Waals surface area contributed by atoms with Crippen LogP contribution in [-0.4, -0.2) is 35.2 Å². The number of carboxylic acids is 1. The lowest BCUT2D eigenvalue weighted by Crippen LogP contribution is -2.36. The summed E-state index contributed by atoms with van der Waals surface area (Å²) in [6.45, 7) is 0. The minimum Gasteiger partial charge on any atom is -0.494 e. The lowest BCUT2D eigenvalue weighted by Gasteiger charge is -2.15. The van der Waals surface area contributed by atoms with Gasteiger partial charge in [0, 0.05) is 18.3 Å². The van der Waals surface area contributed by atoms with Crippen molar-refractivity contribution >= 4 is 35.1 Å². The topological polar surface area (TPSA) is 97.8 Å². The summed E-state index contributed by atoms with van der Waals surface area (Å²) >= 11 is 12.0. The molecule has 0 bridgehead atoms. The Hall–Kier alpha value is -2.35. The van der Waals surface area contributed by atoms with Crippen molar-refractivity contribution < 1.29 is 24.3 Å². The maximum absolute atomic E-state index is 12.3. The fourth-order valence-corrected chi connectivity index (χ4v) is 2.48. The molecule has 0 radical (unpaired) electrons. The van der Waals surface area contributed by atoms with E-state index in [9.17, 15) is 14.7 Å². The van der Waals surface area contributed by atoms with Crippen LogP contribution in [0.5, 0.6) is 5.75 Å². The quantitative estimate of drug-likeness (QED) is 0.712. The van der Waals surface area contributed by atoms with Gasteiger partial charge in [-0.15, -0.1) is 0 Å². The molecular weight excluding hydrogens is 371 g/mol. The monoisotopic (exact) mass is 384 g/mol. The van der Waals surface area contributed by atoms with Gasteiger partial charge in [0.15, 0.2) is 11.9 Å². The van der Waals surface area contributed by atoms with Gasteiger partial charge in [-0.05, 0) is 24.3 Å². The molecule has 0 saturated heterocycles. The summed E-state index contributed by atoms with van der Waals surface area (Å²) in [6, 6.07) is 7.97. The van der Waals surface area contributed by atoms with Crippen LogP contribution in [0.4, 0.5) is 0 Å². The summed E-state index contributed by atoms with van der Waals surface area (Å²) in [5, 5.41) is 9.50. The Kier molecular flexibility index (Phi) is 6.58. The number of halogens is 2. The number of ether oxygens (including phenoxy) is 1. The molecule has 0 aliphatic rings. The number of hydrogen-bond acceptors (Lipinski definition) is 5. The summed E-state index contributed by atoms with van der Waals surface area (Å²) in [6.07, 6.45) is 0.170. The van der Waals surface area contributed by atoms with E-state index in [1.165, 1.54) is 25.4 Å². The Labute approximate surface area is 153 Å². The second-order valence-corrected chi connectivity index (χ2v) is 5.65. The Morgan fingerprint density at radius 1 is 1.24 bits per heavy atom. The molecule has 2 aromatic rings. The van der Waals surface area contributed by atoms with Crippen LogP contribution >= 0.6 is 23.2 Å². The number of rotatable bonds is 7. The van der Waals surface area contributed by atoms with E-state index in [1.807, 2.05) is 0 Å². The minimum absolute atomic E-state index is 0.0309. The van der Waals surface area contributed by atoms with E-state index in [-0.39, 0.29) is 27.8 Å². The first-order valence-electron chi connectivity index (χ1n) is 7.04. The summed E-state index contributed by atoms with van der Waals surface area (Å²) in [5.74, 6) is -1.97. The van der Waals surface area contributed by atoms with Crippen LogP contribution in [0.3, 0.4) is 0 Å². The van der Waals surface area contributed by atoms with Gasteiger partial charge in [0.2, 0.25) is 0 Å². The van der Waals surface area contributed by atoms with Crippen molar-refractivity contribution in [2.75, 3.05) is 7.11 Å². The fourth-order valence-electron chi connectivity index (χ4n) is 2.01. The summed E-state index contributed by atoms with van der Waals surface area (Å²) in [4.78, 5) is 32.7. The molecule has 132 valence electrons. The summed E-state index contributed by atoms with van der Waals surface area (Å²) in [7, 11) is 1.33. The minimum atomic E-state index is -1.33. The van der Waals surface area contributed by atoms with Gasteiger partial charge < -0.3 is 9.84 Å². The third-order valence-corrected chi connectivity index (χ3v) is 3.79. The smallest absolute Gasteiger partial charge is 0.335 e. The first kappa shape index (κ1) is 19.0. The number of amides is 1. The molecule has 1 unspecified atom stereocenters. The molecule has 0 aliphatic carbocycles. The average molecular weight is 385 g/mol. The highest BCUT2D eigenvalue weighted by Crippen LogP contribution is 2.33. The zero-order valence-electron chi connectivity index (χ0n) is 13.0. The van der Waals surface area contributed by atoms with Gasteiger partial charge in [0.1, 0.15) is 5.56 Å². The SMILES string of the molecule is COc1c(Cl)ccc(Cl)c1C(=O)NOC(Cc1ccccn1)C(=O)O. The van der Waals surface area contributed by atoms with Gasteiger partial charge in [-0.1, -0.05) is 29.3 Å². The van der Waals surface area contributed by atoms with Crippen molar-refractivity contribution in [3.63, 3.8) is 0 Å². The van der Waals surface area contributed by atoms with Gasteiger partial charge in [0.05, 0.1) is 17.2 Å². The summed E-state index contributed by atoms with van der Waals surface area (Å²) < 4.78 is 5.07. The van der Waals surface area contributed by atoms with Crippen LogP contribution in [0.1, 0.15) is 16.1 Å². The predicted octanol–water partition coefficient (Wildman–Crippen LogP) is 2.75. The largest absolute Gasteiger partial charge is 0.494 e. The molecule has 1 amide bonds. The van der Waals surface area contributed by atoms with Gasteiger partial charge >= 0.3 is 5.97 Å². The lowest BCUT2D eigenvalue weighted by molar-refractivity contribution is -0.153. The number of hydrogen-bond donors (Lipinski definition) is 2. The molecule has 2 rings (SSSR count). The highest BCUT2D eigenvalue weighted by molar-refractivity contribution is 6.37. The Morgan fingerprint density at radius 3 is 2.56 bits per heavy atom. The number of aromatic nitrogens is 1. The van der Waals surface area contributed by atoms with Gasteiger partial charge in [0.25, 0.3) is 5.91 Å². The molecule has 0 aliphatic heterocycles. The highest BCUT2D eigenvalue weighted by Gasteiger charge is 2.24. The molecule has 1 heterocycles. The van der Waals surface area contributed by atoms with E-state index in [1.54, 1.807) is 18.2 Å². The van der Waals surface area contributed by atoms with E-state index in [4.69, 9.17) is 32.8 Å². The van der Waals surface area contributed by atoms with Crippen LogP contribution in [0.25, 0.3) is 0 Å². The number of nitrogens with zero attached hydrogens (tertiary/aromatic N) is 1. The summed E-state index contributed by atoms with van der Waals surface area (Å²) in [5.41, 5.74) is 2.52. The second-order valence-electron chi connectivity index (χ2n) is 4.84. The van der Waals surface area contributed by atoms with Crippen LogP contribution < -0.4 is 10.2 Å². The second kappa shape index (κ2) is 8.66. The third-order valence-electron chi connectivity index (χ3n) is 3.18. The number of carboxylic acid groups (broad SMARTS) is 1. The van der Waals surface area contributed by atoms with Crippen LogP contribution in [0.2, 0.25) is 10.0 Å². The van der Waals surface area contributed by atoms with E-state index in [0.29, 0.717) is 5.69 Å². The lowest BCUT2D eigenvalue weighted by atomic mass is 10.2. The van der Waals surface area contributed by atoms with E-state index in [2.05, 4.69) is 10.5 Å². The molecule has 9 heteroatoms. The molecular formula is C16H14Cl2N2O5. The maximum Gasteiger partial charge on any atom is 0.335 e. The number of nitrogens with one attached hydrogen (secondary N) is 1. The van der Waals surface area contributed by atoms with Gasteiger partial charge in [-0.3, -0.25) is 14.6 Å². The van der Waals surface area contributed by atoms with Crippen LogP contribution in [0.15, 0.2) is 36.5 Å². The molecule has 1 aromatic heterocycles. The molecule has 1 aromatic carbocycles. The van der Waals surface area contributed by atoms with Crippen molar-refractivity contribution in [2.24, 2.45) is 0 Å². The first-order chi connectivity index (χ1) is 11.9. The maximum atomic E-state index is 12.3. The van der Waals surface area contributed by atoms with Crippen molar-refractivity contribution in [1.29, 1.82) is 0 Å². The zero-order chi connectivity index (χ0) is 18.4. The van der Waals surface area contributed by atoms with Gasteiger partial charge in [-0.25, -0.2) is 10.3 Å². The molecule has 0 fully saturated rings. The molecule has 2 N–H and O–H groups in total. The first-order valence-corrected chi connectivity index (χ1v) is 7.80. The van der Waals surface area contributed by atoms with E-state index < -0.39 is 18.0 Å². The number of carbonyl (C=O) groups is 2. The van der Waals surface area contributed by atoms with Crippen molar-refractivity contribution in [3.05, 3.63) is 57.8 Å². The Balaban J connectivity index is 2.12. The van der Waals surface area contributed by atoms with Crippen molar-refractivity contribution in [2.45, 2.75) is 12.5 Å². The van der Waals surface area contributed by atoms with E-state index >= 15 is 0 Å². The van der Waals surface area contributed by atoms with E-state index in [0.717, 1.165) is 0 Å². The fraction of sp³-hybridized carbons (Fsp3) is 0.188. The number of carbonyl (C=O) groups excluding carboxylic acids is 1. The average Bonchev–Trinajstić information content (AvgIpc) is 2.60. The molecule has 25 heavy (non-hydrogen) atoms. The van der Waals surface area contributed by atoms with Crippen LogP contribution in [-0.2, 0) is 16.1 Å². The highest BCUT2D eigenvalue weighted by atomic mass is 35.5. The normalized spacial score (nSPS) is 11.6. The molecule has 0 spiro atoms. The predicted molar refractivity (Wildman–Crippen MR) is 90.9 cm³/mol. The zero-order valence-corrected chi connectivity index (χ0v) is 14.5. The van der Waals surface area contributed by atoms with Crippen molar-refractivity contribution in [1.82, 2.24) is 10.5 Å². The van der Waals surface area contributed by atoms with Gasteiger partial charge in [-0.2, -0.15) is 0 Å². The Morgan fingerprint density at radius 2 is 1.96 bits per heavy atom. The number of pyridine rings is 1. The number of hydroxylamine groups is 1. The molecule has 7 nitrogen and oxygen atoms in total. The number of benzene rings is 1. The number of aliphatic carboxylic acids is 1. The standard InChI is InChI=1S/C16H14Cl2N2O5/c1-24-14-11(18)6-5-10(17)13(14)15(21)20-25-12(16(22)23)8-9-4-2-3-7-19-9/h2-7,12H,8H2,1H3,(H,20,21)(H,22,23). The Bertz CT molecular complexity index is 771. The van der Waals surface area contributed by atoms with Crippen molar-refractivity contribution in [3.8, 4) is 5.75 Å². The molecule has 1 atom stereocenters. The van der Waals surface area contributed by atoms with Crippen LogP contribution in [0, 0.1) is 0 Å². The third kappa shape index (κ3) is 4.82. The number of methoxy groups -OCH3 is 1.